The summed E-state index contributed by atoms with van der Waals surface area (Å²) in [5, 5.41) is 16.6. The second-order valence-electron chi connectivity index (χ2n) is 5.30. The summed E-state index contributed by atoms with van der Waals surface area (Å²) in [5.41, 5.74) is 2.94. The first-order valence-corrected chi connectivity index (χ1v) is 8.04. The first-order valence-electron chi connectivity index (χ1n) is 7.25. The van der Waals surface area contributed by atoms with E-state index < -0.39 is 0 Å². The Morgan fingerprint density at radius 1 is 0.870 bits per heavy atom. The topological polar surface area (TPSA) is 37.5 Å². The molecule has 23 heavy (non-hydrogen) atoms. The molecule has 0 bridgehead atoms. The minimum atomic E-state index is 0.219. The first-order chi connectivity index (χ1) is 11.2. The zero-order valence-electron chi connectivity index (χ0n) is 12.1. The highest BCUT2D eigenvalue weighted by Gasteiger charge is 2.08. The zero-order chi connectivity index (χ0) is 15.8. The maximum Gasteiger partial charge on any atom is 0.116 e. The van der Waals surface area contributed by atoms with E-state index in [2.05, 4.69) is 45.3 Å². The van der Waals surface area contributed by atoms with Crippen LogP contribution in [-0.2, 0) is 0 Å². The van der Waals surface area contributed by atoms with Crippen molar-refractivity contribution >= 4 is 44.0 Å². The van der Waals surface area contributed by atoms with Crippen LogP contribution in [0, 0.1) is 0 Å². The quantitative estimate of drug-likeness (QED) is 0.491. The molecule has 0 saturated carbocycles. The summed E-state index contributed by atoms with van der Waals surface area (Å²) < 4.78 is 2.82. The van der Waals surface area contributed by atoms with E-state index in [1.165, 1.54) is 10.8 Å². The van der Waals surface area contributed by atoms with Crippen LogP contribution in [0.2, 0.25) is 0 Å². The van der Waals surface area contributed by atoms with Crippen LogP contribution in [0.4, 0.5) is 0 Å². The predicted molar refractivity (Wildman–Crippen MR) is 98.2 cm³/mol. The first kappa shape index (κ1) is 14.0. The molecule has 0 spiro atoms. The van der Waals surface area contributed by atoms with Crippen LogP contribution in [0.15, 0.2) is 76.3 Å². The van der Waals surface area contributed by atoms with Gasteiger partial charge in [0, 0.05) is 20.8 Å². The van der Waals surface area contributed by atoms with Crippen molar-refractivity contribution in [3.05, 3.63) is 76.8 Å². The number of phenolic OH excluding ortho intramolecular Hbond substituents is 1. The van der Waals surface area contributed by atoms with Crippen LogP contribution in [0.1, 0.15) is 5.56 Å². The van der Waals surface area contributed by atoms with E-state index in [4.69, 9.17) is 0 Å². The Hall–Kier alpha value is -2.59. The van der Waals surface area contributed by atoms with Gasteiger partial charge in [0.2, 0.25) is 0 Å². The number of nitrogens with zero attached hydrogens (tertiary/aromatic N) is 2. The number of para-hydroxylation sites is 2. The summed E-state index contributed by atoms with van der Waals surface area (Å²) in [5.74, 6) is 0.219. The van der Waals surface area contributed by atoms with Gasteiger partial charge in [-0.2, -0.15) is 5.10 Å². The number of hydrogen-bond donors (Lipinski definition) is 1. The number of aromatic hydroxyl groups is 1. The predicted octanol–water partition coefficient (Wildman–Crippen LogP) is 5.14. The standard InChI is InChI=1S/C19H13BrN2O/c20-17-10-9-14(23)11-13(17)12-21-22-18-7-3-1-5-15(18)16-6-2-4-8-19(16)22/h1-12,23H/b21-12-. The van der Waals surface area contributed by atoms with Crippen molar-refractivity contribution in [2.45, 2.75) is 0 Å². The number of fused-ring (bicyclic) bond motifs is 3. The van der Waals surface area contributed by atoms with Gasteiger partial charge >= 0.3 is 0 Å². The second-order valence-corrected chi connectivity index (χ2v) is 6.15. The van der Waals surface area contributed by atoms with Crippen molar-refractivity contribution in [2.75, 3.05) is 0 Å². The van der Waals surface area contributed by atoms with E-state index >= 15 is 0 Å². The highest BCUT2D eigenvalue weighted by molar-refractivity contribution is 9.10. The maximum absolute atomic E-state index is 9.65. The summed E-state index contributed by atoms with van der Waals surface area (Å²) >= 11 is 3.48. The lowest BCUT2D eigenvalue weighted by atomic mass is 10.2. The summed E-state index contributed by atoms with van der Waals surface area (Å²) in [7, 11) is 0. The normalized spacial score (nSPS) is 11.7. The largest absolute Gasteiger partial charge is 0.508 e. The highest BCUT2D eigenvalue weighted by Crippen LogP contribution is 2.28. The van der Waals surface area contributed by atoms with Gasteiger partial charge in [-0.1, -0.05) is 52.3 Å². The molecule has 0 saturated heterocycles. The highest BCUT2D eigenvalue weighted by atomic mass is 79.9. The molecule has 3 aromatic carbocycles. The van der Waals surface area contributed by atoms with Gasteiger partial charge < -0.3 is 5.11 Å². The molecule has 0 fully saturated rings. The lowest BCUT2D eigenvalue weighted by Gasteiger charge is -2.02. The Morgan fingerprint density at radius 3 is 2.13 bits per heavy atom. The van der Waals surface area contributed by atoms with Crippen LogP contribution in [-0.4, -0.2) is 16.0 Å². The monoisotopic (exact) mass is 364 g/mol. The molecule has 0 amide bonds. The molecular formula is C19H13BrN2O. The Bertz CT molecular complexity index is 997. The van der Waals surface area contributed by atoms with Gasteiger partial charge in [-0.25, -0.2) is 4.68 Å². The second kappa shape index (κ2) is 5.56. The number of benzene rings is 3. The molecule has 0 aliphatic rings. The summed E-state index contributed by atoms with van der Waals surface area (Å²) in [4.78, 5) is 0. The van der Waals surface area contributed by atoms with Gasteiger partial charge in [0.25, 0.3) is 0 Å². The molecule has 4 aromatic rings. The third-order valence-electron chi connectivity index (χ3n) is 3.85. The van der Waals surface area contributed by atoms with Gasteiger partial charge in [0.1, 0.15) is 5.75 Å². The smallest absolute Gasteiger partial charge is 0.116 e. The molecule has 3 nitrogen and oxygen atoms in total. The summed E-state index contributed by atoms with van der Waals surface area (Å²) in [6, 6.07) is 21.6. The van der Waals surface area contributed by atoms with E-state index in [1.807, 2.05) is 35.0 Å². The number of phenols is 1. The lowest BCUT2D eigenvalue weighted by molar-refractivity contribution is 0.475. The molecule has 4 heteroatoms. The minimum absolute atomic E-state index is 0.219. The fraction of sp³-hybridized carbons (Fsp3) is 0. The molecule has 0 aliphatic heterocycles. The maximum atomic E-state index is 9.65. The van der Waals surface area contributed by atoms with Gasteiger partial charge in [0.15, 0.2) is 0 Å². The van der Waals surface area contributed by atoms with Gasteiger partial charge in [0.05, 0.1) is 17.2 Å². The summed E-state index contributed by atoms with van der Waals surface area (Å²) in [6.07, 6.45) is 1.75. The lowest BCUT2D eigenvalue weighted by Crippen LogP contribution is -1.91. The van der Waals surface area contributed by atoms with Crippen LogP contribution in [0.3, 0.4) is 0 Å². The van der Waals surface area contributed by atoms with E-state index in [-0.39, 0.29) is 5.75 Å². The molecule has 1 N–H and O–H groups in total. The molecule has 0 atom stereocenters. The molecule has 1 heterocycles. The third-order valence-corrected chi connectivity index (χ3v) is 4.57. The third kappa shape index (κ3) is 2.41. The average molecular weight is 365 g/mol. The zero-order valence-corrected chi connectivity index (χ0v) is 13.7. The molecule has 4 rings (SSSR count). The van der Waals surface area contributed by atoms with Crippen molar-refractivity contribution < 1.29 is 5.11 Å². The molecule has 0 aliphatic carbocycles. The van der Waals surface area contributed by atoms with Crippen molar-refractivity contribution in [2.24, 2.45) is 5.10 Å². The van der Waals surface area contributed by atoms with Crippen molar-refractivity contribution in [3.8, 4) is 5.75 Å². The number of aromatic nitrogens is 1. The molecule has 0 radical (unpaired) electrons. The summed E-state index contributed by atoms with van der Waals surface area (Å²) in [6.45, 7) is 0. The Morgan fingerprint density at radius 2 is 1.48 bits per heavy atom. The van der Waals surface area contributed by atoms with Crippen molar-refractivity contribution in [1.82, 2.24) is 4.68 Å². The van der Waals surface area contributed by atoms with Crippen LogP contribution in [0.25, 0.3) is 21.8 Å². The van der Waals surface area contributed by atoms with E-state index in [0.29, 0.717) is 0 Å². The Balaban J connectivity index is 1.94. The molecule has 1 aromatic heterocycles. The Kier molecular flexibility index (Phi) is 3.39. The minimum Gasteiger partial charge on any atom is -0.508 e. The number of halogens is 1. The fourth-order valence-electron chi connectivity index (χ4n) is 2.78. The van der Waals surface area contributed by atoms with Crippen molar-refractivity contribution in [1.29, 1.82) is 0 Å². The van der Waals surface area contributed by atoms with E-state index in [1.54, 1.807) is 18.3 Å². The fourth-order valence-corrected chi connectivity index (χ4v) is 3.13. The average Bonchev–Trinajstić information content (AvgIpc) is 2.90. The van der Waals surface area contributed by atoms with Crippen LogP contribution >= 0.6 is 15.9 Å². The van der Waals surface area contributed by atoms with Gasteiger partial charge in [-0.05, 0) is 30.3 Å². The van der Waals surface area contributed by atoms with Gasteiger partial charge in [-0.15, -0.1) is 0 Å². The van der Waals surface area contributed by atoms with E-state index in [9.17, 15) is 5.11 Å². The SMILES string of the molecule is Oc1ccc(Br)c(/C=N\n2c3ccccc3c3ccccc32)c1. The van der Waals surface area contributed by atoms with Crippen LogP contribution in [0.5, 0.6) is 5.75 Å². The van der Waals surface area contributed by atoms with Crippen molar-refractivity contribution in [3.63, 3.8) is 0 Å². The number of rotatable bonds is 2. The molecule has 112 valence electrons. The Labute approximate surface area is 141 Å². The molecule has 0 unspecified atom stereocenters. The molecular weight excluding hydrogens is 352 g/mol. The van der Waals surface area contributed by atoms with Crippen LogP contribution < -0.4 is 0 Å². The van der Waals surface area contributed by atoms with Gasteiger partial charge in [-0.3, -0.25) is 0 Å². The van der Waals surface area contributed by atoms with E-state index in [0.717, 1.165) is 21.1 Å². The number of hydrogen-bond acceptors (Lipinski definition) is 2.